The van der Waals surface area contributed by atoms with Gasteiger partial charge in [-0.25, -0.2) is 4.98 Å². The van der Waals surface area contributed by atoms with E-state index in [1.807, 2.05) is 12.1 Å². The van der Waals surface area contributed by atoms with Crippen LogP contribution in [-0.2, 0) is 0 Å². The molecule has 0 bridgehead atoms. The average molecular weight is 206 g/mol. The third-order valence-corrected chi connectivity index (χ3v) is 3.01. The second-order valence-electron chi connectivity index (χ2n) is 3.64. The van der Waals surface area contributed by atoms with Crippen molar-refractivity contribution in [1.29, 1.82) is 0 Å². The Kier molecular flexibility index (Phi) is 2.20. The number of nitrogens with zero attached hydrogens (tertiary/aromatic N) is 1. The van der Waals surface area contributed by atoms with Crippen LogP contribution in [0.15, 0.2) is 18.2 Å². The SMILES string of the molecule is Cc1cc2nc(Cl)ccc2c(C)c1C. The molecule has 0 unspecified atom stereocenters. The Bertz CT molecular complexity index is 503. The maximum Gasteiger partial charge on any atom is 0.129 e. The van der Waals surface area contributed by atoms with Gasteiger partial charge in [0, 0.05) is 5.39 Å². The summed E-state index contributed by atoms with van der Waals surface area (Å²) in [7, 11) is 0. The molecule has 0 fully saturated rings. The van der Waals surface area contributed by atoms with Crippen LogP contribution in [0.2, 0.25) is 5.15 Å². The summed E-state index contributed by atoms with van der Waals surface area (Å²) in [5, 5.41) is 1.75. The number of pyridine rings is 1. The van der Waals surface area contributed by atoms with Crippen molar-refractivity contribution in [3.05, 3.63) is 40.0 Å². The van der Waals surface area contributed by atoms with Crippen LogP contribution >= 0.6 is 11.6 Å². The van der Waals surface area contributed by atoms with Gasteiger partial charge in [0.15, 0.2) is 0 Å². The molecule has 0 N–H and O–H groups in total. The highest BCUT2D eigenvalue weighted by molar-refractivity contribution is 6.29. The lowest BCUT2D eigenvalue weighted by molar-refractivity contribution is 1.27. The van der Waals surface area contributed by atoms with E-state index < -0.39 is 0 Å². The molecule has 0 atom stereocenters. The van der Waals surface area contributed by atoms with E-state index in [2.05, 4.69) is 31.8 Å². The maximum atomic E-state index is 5.85. The molecular weight excluding hydrogens is 194 g/mol. The fraction of sp³-hybridized carbons (Fsp3) is 0.250. The minimum atomic E-state index is 0.556. The first-order valence-electron chi connectivity index (χ1n) is 4.62. The Hall–Kier alpha value is -1.08. The van der Waals surface area contributed by atoms with Gasteiger partial charge in [0.25, 0.3) is 0 Å². The Balaban J connectivity index is 2.91. The predicted octanol–water partition coefficient (Wildman–Crippen LogP) is 3.81. The number of hydrogen-bond acceptors (Lipinski definition) is 1. The predicted molar refractivity (Wildman–Crippen MR) is 61.0 cm³/mol. The van der Waals surface area contributed by atoms with Gasteiger partial charge in [0.2, 0.25) is 0 Å². The van der Waals surface area contributed by atoms with Crippen molar-refractivity contribution >= 4 is 22.5 Å². The minimum Gasteiger partial charge on any atom is -0.236 e. The molecule has 0 spiro atoms. The van der Waals surface area contributed by atoms with E-state index in [1.54, 1.807) is 0 Å². The van der Waals surface area contributed by atoms with E-state index in [0.29, 0.717) is 5.15 Å². The monoisotopic (exact) mass is 205 g/mol. The lowest BCUT2D eigenvalue weighted by atomic mass is 9.99. The van der Waals surface area contributed by atoms with Crippen molar-refractivity contribution in [3.63, 3.8) is 0 Å². The normalized spacial score (nSPS) is 10.9. The average Bonchev–Trinajstić information content (AvgIpc) is 2.14. The highest BCUT2D eigenvalue weighted by atomic mass is 35.5. The molecule has 1 heterocycles. The molecule has 2 rings (SSSR count). The van der Waals surface area contributed by atoms with Crippen molar-refractivity contribution in [1.82, 2.24) is 4.98 Å². The third-order valence-electron chi connectivity index (χ3n) is 2.80. The number of hydrogen-bond donors (Lipinski definition) is 0. The number of benzene rings is 1. The summed E-state index contributed by atoms with van der Waals surface area (Å²) >= 11 is 5.85. The van der Waals surface area contributed by atoms with Crippen LogP contribution in [0.1, 0.15) is 16.7 Å². The van der Waals surface area contributed by atoms with Crippen LogP contribution in [0.4, 0.5) is 0 Å². The summed E-state index contributed by atoms with van der Waals surface area (Å²) in [5.41, 5.74) is 4.88. The molecule has 0 saturated heterocycles. The molecule has 0 saturated carbocycles. The van der Waals surface area contributed by atoms with Crippen molar-refractivity contribution in [2.75, 3.05) is 0 Å². The topological polar surface area (TPSA) is 12.9 Å². The van der Waals surface area contributed by atoms with E-state index >= 15 is 0 Å². The molecule has 1 aromatic carbocycles. The van der Waals surface area contributed by atoms with Gasteiger partial charge >= 0.3 is 0 Å². The number of aryl methyl sites for hydroxylation is 2. The van der Waals surface area contributed by atoms with Gasteiger partial charge < -0.3 is 0 Å². The largest absolute Gasteiger partial charge is 0.236 e. The van der Waals surface area contributed by atoms with E-state index in [0.717, 1.165) is 5.52 Å². The quantitative estimate of drug-likeness (QED) is 0.596. The van der Waals surface area contributed by atoms with Crippen molar-refractivity contribution in [2.24, 2.45) is 0 Å². The zero-order chi connectivity index (χ0) is 10.3. The van der Waals surface area contributed by atoms with E-state index in [1.165, 1.54) is 22.1 Å². The lowest BCUT2D eigenvalue weighted by Crippen LogP contribution is -1.90. The molecule has 0 aliphatic heterocycles. The van der Waals surface area contributed by atoms with E-state index in [4.69, 9.17) is 11.6 Å². The molecule has 0 aliphatic carbocycles. The third kappa shape index (κ3) is 1.38. The van der Waals surface area contributed by atoms with Crippen molar-refractivity contribution in [3.8, 4) is 0 Å². The Morgan fingerprint density at radius 1 is 1.07 bits per heavy atom. The van der Waals surface area contributed by atoms with Gasteiger partial charge in [-0.2, -0.15) is 0 Å². The summed E-state index contributed by atoms with van der Waals surface area (Å²) in [6.45, 7) is 6.36. The summed E-state index contributed by atoms with van der Waals surface area (Å²) in [5.74, 6) is 0. The second kappa shape index (κ2) is 3.25. The standard InChI is InChI=1S/C12H12ClN/c1-7-6-11-10(9(3)8(7)2)4-5-12(13)14-11/h4-6H,1-3H3. The fourth-order valence-electron chi connectivity index (χ4n) is 1.69. The first kappa shape index (κ1) is 9.47. The van der Waals surface area contributed by atoms with Gasteiger partial charge in [0.1, 0.15) is 5.15 Å². The lowest BCUT2D eigenvalue weighted by Gasteiger charge is -2.08. The molecule has 2 heteroatoms. The first-order chi connectivity index (χ1) is 6.59. The van der Waals surface area contributed by atoms with Crippen LogP contribution in [0, 0.1) is 20.8 Å². The van der Waals surface area contributed by atoms with Gasteiger partial charge in [-0.15, -0.1) is 0 Å². The molecule has 0 radical (unpaired) electrons. The molecule has 0 aliphatic rings. The highest BCUT2D eigenvalue weighted by Crippen LogP contribution is 2.24. The smallest absolute Gasteiger partial charge is 0.129 e. The minimum absolute atomic E-state index is 0.556. The summed E-state index contributed by atoms with van der Waals surface area (Å²) in [4.78, 5) is 4.30. The first-order valence-corrected chi connectivity index (χ1v) is 5.00. The van der Waals surface area contributed by atoms with Gasteiger partial charge in [0.05, 0.1) is 5.52 Å². The fourth-order valence-corrected chi connectivity index (χ4v) is 1.84. The van der Waals surface area contributed by atoms with Crippen LogP contribution in [-0.4, -0.2) is 4.98 Å². The van der Waals surface area contributed by atoms with Crippen LogP contribution in [0.3, 0.4) is 0 Å². The number of aromatic nitrogens is 1. The van der Waals surface area contributed by atoms with E-state index in [-0.39, 0.29) is 0 Å². The highest BCUT2D eigenvalue weighted by Gasteiger charge is 2.04. The summed E-state index contributed by atoms with van der Waals surface area (Å²) < 4.78 is 0. The zero-order valence-corrected chi connectivity index (χ0v) is 9.31. The van der Waals surface area contributed by atoms with Crippen LogP contribution < -0.4 is 0 Å². The number of halogens is 1. The Morgan fingerprint density at radius 3 is 2.50 bits per heavy atom. The van der Waals surface area contributed by atoms with E-state index in [9.17, 15) is 0 Å². The molecule has 72 valence electrons. The zero-order valence-electron chi connectivity index (χ0n) is 8.56. The molecule has 14 heavy (non-hydrogen) atoms. The van der Waals surface area contributed by atoms with Gasteiger partial charge in [-0.1, -0.05) is 11.6 Å². The molecular formula is C12H12ClN. The number of rotatable bonds is 0. The maximum absolute atomic E-state index is 5.85. The van der Waals surface area contributed by atoms with Crippen LogP contribution in [0.25, 0.3) is 10.9 Å². The molecule has 1 nitrogen and oxygen atoms in total. The van der Waals surface area contributed by atoms with Gasteiger partial charge in [-0.05, 0) is 55.7 Å². The second-order valence-corrected chi connectivity index (χ2v) is 4.03. The van der Waals surface area contributed by atoms with Gasteiger partial charge in [-0.3, -0.25) is 0 Å². The summed E-state index contributed by atoms with van der Waals surface area (Å²) in [6, 6.07) is 5.96. The molecule has 1 aromatic heterocycles. The Labute approximate surface area is 88.7 Å². The van der Waals surface area contributed by atoms with Crippen molar-refractivity contribution in [2.45, 2.75) is 20.8 Å². The summed E-state index contributed by atoms with van der Waals surface area (Å²) in [6.07, 6.45) is 0. The molecule has 2 aromatic rings. The van der Waals surface area contributed by atoms with Crippen molar-refractivity contribution < 1.29 is 0 Å². The Morgan fingerprint density at radius 2 is 1.79 bits per heavy atom. The molecule has 0 amide bonds. The number of fused-ring (bicyclic) bond motifs is 1. The van der Waals surface area contributed by atoms with Crippen LogP contribution in [0.5, 0.6) is 0 Å².